The van der Waals surface area contributed by atoms with E-state index in [1.165, 1.54) is 6.42 Å². The van der Waals surface area contributed by atoms with Gasteiger partial charge in [-0.1, -0.05) is 27.2 Å². The lowest BCUT2D eigenvalue weighted by Gasteiger charge is -2.25. The second-order valence-electron chi connectivity index (χ2n) is 5.79. The molecule has 0 aliphatic rings. The summed E-state index contributed by atoms with van der Waals surface area (Å²) >= 11 is 0. The van der Waals surface area contributed by atoms with Gasteiger partial charge in [0, 0.05) is 25.7 Å². The first-order valence-corrected chi connectivity index (χ1v) is 9.61. The molecule has 0 spiro atoms. The number of nitrogens with one attached hydrogen (secondary N) is 2. The topological polar surface area (TPSA) is 58.1 Å². The number of unbranched alkanes of at least 4 members (excludes halogenated alkanes) is 1. The minimum Gasteiger partial charge on any atom is -0.379 e. The van der Waals surface area contributed by atoms with Crippen LogP contribution in [-0.2, 0) is 9.47 Å². The maximum absolute atomic E-state index is 5.56. The molecule has 1 atom stereocenters. The summed E-state index contributed by atoms with van der Waals surface area (Å²) in [7, 11) is 0. The number of ether oxygens (including phenoxy) is 2. The zero-order chi connectivity index (χ0) is 18.0. The fourth-order valence-electron chi connectivity index (χ4n) is 2.34. The van der Waals surface area contributed by atoms with Crippen molar-refractivity contribution in [3.63, 3.8) is 0 Å². The molecule has 0 radical (unpaired) electrons. The number of nitrogens with zero attached hydrogens (tertiary/aromatic N) is 2. The Balaban J connectivity index is 0. The number of halogens is 1. The average Bonchev–Trinajstić information content (AvgIpc) is 2.59. The minimum absolute atomic E-state index is 0. The number of likely N-dealkylation sites (N-methyl/N-ethyl adjacent to an activating group) is 1. The van der Waals surface area contributed by atoms with Gasteiger partial charge in [-0.3, -0.25) is 9.89 Å². The summed E-state index contributed by atoms with van der Waals surface area (Å²) in [4.78, 5) is 7.08. The predicted octanol–water partition coefficient (Wildman–Crippen LogP) is 2.72. The number of rotatable bonds is 15. The summed E-state index contributed by atoms with van der Waals surface area (Å²) in [5, 5.41) is 6.60. The molecule has 0 aromatic rings. The average molecular weight is 472 g/mol. The van der Waals surface area contributed by atoms with Crippen molar-refractivity contribution in [2.24, 2.45) is 4.99 Å². The maximum atomic E-state index is 5.56. The van der Waals surface area contributed by atoms with Gasteiger partial charge in [-0.15, -0.1) is 24.0 Å². The van der Waals surface area contributed by atoms with Gasteiger partial charge in [0.2, 0.25) is 0 Å². The Morgan fingerprint density at radius 2 is 1.60 bits per heavy atom. The van der Waals surface area contributed by atoms with Crippen molar-refractivity contribution in [2.45, 2.75) is 53.5 Å². The van der Waals surface area contributed by atoms with E-state index >= 15 is 0 Å². The van der Waals surface area contributed by atoms with Gasteiger partial charge in [0.1, 0.15) is 0 Å². The Morgan fingerprint density at radius 1 is 0.960 bits per heavy atom. The first kappa shape index (κ1) is 27.1. The molecule has 25 heavy (non-hydrogen) atoms. The van der Waals surface area contributed by atoms with Gasteiger partial charge in [-0.25, -0.2) is 0 Å². The lowest BCUT2D eigenvalue weighted by atomic mass is 10.3. The molecule has 152 valence electrons. The molecule has 0 saturated carbocycles. The molecule has 0 aliphatic heterocycles. The van der Waals surface area contributed by atoms with Gasteiger partial charge in [-0.2, -0.15) is 0 Å². The lowest BCUT2D eigenvalue weighted by Crippen LogP contribution is -2.41. The molecular formula is C18H41IN4O2. The van der Waals surface area contributed by atoms with Crippen molar-refractivity contribution in [3.05, 3.63) is 0 Å². The first-order valence-electron chi connectivity index (χ1n) is 9.61. The quantitative estimate of drug-likeness (QED) is 0.166. The van der Waals surface area contributed by atoms with E-state index in [-0.39, 0.29) is 24.0 Å². The van der Waals surface area contributed by atoms with Crippen LogP contribution in [0.1, 0.15) is 47.5 Å². The summed E-state index contributed by atoms with van der Waals surface area (Å²) in [6.07, 6.45) is 2.29. The monoisotopic (exact) mass is 472 g/mol. The van der Waals surface area contributed by atoms with Crippen LogP contribution in [0, 0.1) is 0 Å². The molecule has 6 nitrogen and oxygen atoms in total. The smallest absolute Gasteiger partial charge is 0.191 e. The third kappa shape index (κ3) is 15.8. The molecule has 0 saturated heterocycles. The van der Waals surface area contributed by atoms with Crippen molar-refractivity contribution in [2.75, 3.05) is 59.2 Å². The van der Waals surface area contributed by atoms with Gasteiger partial charge in [0.25, 0.3) is 0 Å². The van der Waals surface area contributed by atoms with Crippen LogP contribution in [0.2, 0.25) is 0 Å². The Hall–Kier alpha value is -0.120. The summed E-state index contributed by atoms with van der Waals surface area (Å²) in [6.45, 7) is 18.2. The van der Waals surface area contributed by atoms with Gasteiger partial charge in [0.05, 0.1) is 26.4 Å². The Morgan fingerprint density at radius 3 is 2.16 bits per heavy atom. The molecule has 2 N–H and O–H groups in total. The van der Waals surface area contributed by atoms with E-state index < -0.39 is 0 Å². The fourth-order valence-corrected chi connectivity index (χ4v) is 2.34. The first-order chi connectivity index (χ1) is 11.7. The predicted molar refractivity (Wildman–Crippen MR) is 118 cm³/mol. The minimum atomic E-state index is 0. The lowest BCUT2D eigenvalue weighted by molar-refractivity contribution is 0.0487. The maximum Gasteiger partial charge on any atom is 0.191 e. The number of guanidine groups is 1. The number of aliphatic imine (C=N–C) groups is 1. The Bertz CT molecular complexity index is 303. The summed E-state index contributed by atoms with van der Waals surface area (Å²) < 4.78 is 11.0. The third-order valence-electron chi connectivity index (χ3n) is 3.85. The Kier molecular flexibility index (Phi) is 21.9. The molecule has 0 heterocycles. The normalized spacial score (nSPS) is 12.8. The van der Waals surface area contributed by atoms with Crippen LogP contribution in [0.15, 0.2) is 4.99 Å². The van der Waals surface area contributed by atoms with Crippen molar-refractivity contribution < 1.29 is 9.47 Å². The van der Waals surface area contributed by atoms with Crippen LogP contribution in [0.5, 0.6) is 0 Å². The van der Waals surface area contributed by atoms with Gasteiger partial charge < -0.3 is 20.1 Å². The van der Waals surface area contributed by atoms with Gasteiger partial charge >= 0.3 is 0 Å². The van der Waals surface area contributed by atoms with E-state index in [9.17, 15) is 0 Å². The van der Waals surface area contributed by atoms with Gasteiger partial charge in [0.15, 0.2) is 5.96 Å². The van der Waals surface area contributed by atoms with Crippen molar-refractivity contribution in [1.82, 2.24) is 15.5 Å². The standard InChI is InChI=1S/C18H40N4O2.HI/c1-6-10-12-23-14-15-24-13-11-20-18(19-7-2)21-16-17(5)22(8-3)9-4;/h17H,6-16H2,1-5H3,(H2,19,20,21);1H. The molecular weight excluding hydrogens is 431 g/mol. The fraction of sp³-hybridized carbons (Fsp3) is 0.944. The van der Waals surface area contributed by atoms with E-state index in [0.29, 0.717) is 25.9 Å². The van der Waals surface area contributed by atoms with Crippen LogP contribution < -0.4 is 10.6 Å². The van der Waals surface area contributed by atoms with Crippen molar-refractivity contribution in [3.8, 4) is 0 Å². The number of hydrogen-bond acceptors (Lipinski definition) is 4. The summed E-state index contributed by atoms with van der Waals surface area (Å²) in [6, 6.07) is 0.451. The van der Waals surface area contributed by atoms with E-state index in [1.54, 1.807) is 0 Å². The second-order valence-corrected chi connectivity index (χ2v) is 5.79. The highest BCUT2D eigenvalue weighted by atomic mass is 127. The Labute approximate surface area is 172 Å². The van der Waals surface area contributed by atoms with E-state index in [4.69, 9.17) is 9.47 Å². The van der Waals surface area contributed by atoms with E-state index in [2.05, 4.69) is 55.1 Å². The molecule has 7 heteroatoms. The number of hydrogen-bond donors (Lipinski definition) is 2. The van der Waals surface area contributed by atoms with Crippen molar-refractivity contribution in [1.29, 1.82) is 0 Å². The third-order valence-corrected chi connectivity index (χ3v) is 3.85. The van der Waals surface area contributed by atoms with Gasteiger partial charge in [-0.05, 0) is 33.4 Å². The zero-order valence-corrected chi connectivity index (χ0v) is 19.3. The molecule has 1 unspecified atom stereocenters. The highest BCUT2D eigenvalue weighted by molar-refractivity contribution is 14.0. The van der Waals surface area contributed by atoms with Crippen LogP contribution in [0.3, 0.4) is 0 Å². The molecule has 0 bridgehead atoms. The molecule has 0 amide bonds. The molecule has 0 rings (SSSR count). The summed E-state index contributed by atoms with van der Waals surface area (Å²) in [5.41, 5.74) is 0. The highest BCUT2D eigenvalue weighted by Crippen LogP contribution is 1.98. The van der Waals surface area contributed by atoms with Crippen LogP contribution in [-0.4, -0.2) is 76.1 Å². The van der Waals surface area contributed by atoms with Crippen LogP contribution in [0.4, 0.5) is 0 Å². The molecule has 0 aliphatic carbocycles. The molecule has 0 fully saturated rings. The summed E-state index contributed by atoms with van der Waals surface area (Å²) in [5.74, 6) is 0.860. The highest BCUT2D eigenvalue weighted by Gasteiger charge is 2.09. The van der Waals surface area contributed by atoms with E-state index in [1.807, 2.05) is 0 Å². The van der Waals surface area contributed by atoms with Crippen LogP contribution >= 0.6 is 24.0 Å². The zero-order valence-electron chi connectivity index (χ0n) is 17.0. The molecule has 0 aromatic carbocycles. The second kappa shape index (κ2) is 20.2. The largest absolute Gasteiger partial charge is 0.379 e. The molecule has 0 aromatic heterocycles. The van der Waals surface area contributed by atoms with E-state index in [0.717, 1.165) is 51.7 Å². The SMILES string of the molecule is CCCCOCCOCCNC(=NCC(C)N(CC)CC)NCC.I. The van der Waals surface area contributed by atoms with Crippen LogP contribution in [0.25, 0.3) is 0 Å². The van der Waals surface area contributed by atoms with Crippen molar-refractivity contribution >= 4 is 29.9 Å².